The van der Waals surface area contributed by atoms with Crippen LogP contribution in [0, 0.1) is 11.7 Å². The van der Waals surface area contributed by atoms with E-state index < -0.39 is 0 Å². The van der Waals surface area contributed by atoms with E-state index in [1.165, 1.54) is 6.07 Å². The SMILES string of the molecule is CCC1OCCC1C(NC)c1cc(Br)c(F)cc1OC. The van der Waals surface area contributed by atoms with Gasteiger partial charge in [0.2, 0.25) is 0 Å². The van der Waals surface area contributed by atoms with Gasteiger partial charge in [0, 0.05) is 30.2 Å². The molecule has 5 heteroatoms. The fourth-order valence-electron chi connectivity index (χ4n) is 3.03. The maximum atomic E-state index is 13.7. The molecule has 3 atom stereocenters. The smallest absolute Gasteiger partial charge is 0.141 e. The molecule has 1 saturated heterocycles. The molecule has 1 fully saturated rings. The zero-order valence-corrected chi connectivity index (χ0v) is 13.7. The average Bonchev–Trinajstić information content (AvgIpc) is 2.91. The fourth-order valence-corrected chi connectivity index (χ4v) is 3.39. The van der Waals surface area contributed by atoms with Gasteiger partial charge in [-0.25, -0.2) is 4.39 Å². The van der Waals surface area contributed by atoms with E-state index in [0.717, 1.165) is 25.0 Å². The second-order valence-electron chi connectivity index (χ2n) is 5.04. The number of methoxy groups -OCH3 is 1. The van der Waals surface area contributed by atoms with Gasteiger partial charge >= 0.3 is 0 Å². The summed E-state index contributed by atoms with van der Waals surface area (Å²) in [4.78, 5) is 0. The highest BCUT2D eigenvalue weighted by Crippen LogP contribution is 2.39. The lowest BCUT2D eigenvalue weighted by Gasteiger charge is -2.28. The highest BCUT2D eigenvalue weighted by Gasteiger charge is 2.35. The number of nitrogens with one attached hydrogen (secondary N) is 1. The average molecular weight is 346 g/mol. The molecule has 1 aromatic rings. The van der Waals surface area contributed by atoms with Crippen molar-refractivity contribution < 1.29 is 13.9 Å². The van der Waals surface area contributed by atoms with E-state index in [9.17, 15) is 4.39 Å². The predicted molar refractivity (Wildman–Crippen MR) is 80.6 cm³/mol. The highest BCUT2D eigenvalue weighted by molar-refractivity contribution is 9.10. The fraction of sp³-hybridized carbons (Fsp3) is 0.600. The zero-order valence-electron chi connectivity index (χ0n) is 12.1. The van der Waals surface area contributed by atoms with Crippen molar-refractivity contribution in [1.82, 2.24) is 5.32 Å². The molecule has 0 bridgehead atoms. The third kappa shape index (κ3) is 3.00. The molecule has 0 aromatic heterocycles. The van der Waals surface area contributed by atoms with Crippen molar-refractivity contribution in [3.05, 3.63) is 28.0 Å². The molecule has 20 heavy (non-hydrogen) atoms. The standard InChI is InChI=1S/C15H21BrFNO2/c1-4-13-9(5-6-20-13)15(18-2)10-7-11(16)12(17)8-14(10)19-3/h7-9,13,15,18H,4-6H2,1-3H3. The molecule has 0 saturated carbocycles. The maximum Gasteiger partial charge on any atom is 0.141 e. The second-order valence-corrected chi connectivity index (χ2v) is 5.90. The summed E-state index contributed by atoms with van der Waals surface area (Å²) in [5.74, 6) is 0.637. The summed E-state index contributed by atoms with van der Waals surface area (Å²) in [6.45, 7) is 2.92. The first-order valence-electron chi connectivity index (χ1n) is 6.94. The Morgan fingerprint density at radius 2 is 2.30 bits per heavy atom. The largest absolute Gasteiger partial charge is 0.496 e. The molecule has 3 unspecified atom stereocenters. The number of rotatable bonds is 5. The Labute approximate surface area is 128 Å². The van der Waals surface area contributed by atoms with E-state index >= 15 is 0 Å². The predicted octanol–water partition coefficient (Wildman–Crippen LogP) is 3.67. The quantitative estimate of drug-likeness (QED) is 0.882. The Bertz CT molecular complexity index is 469. The first kappa shape index (κ1) is 15.7. The van der Waals surface area contributed by atoms with Crippen molar-refractivity contribution in [2.24, 2.45) is 5.92 Å². The van der Waals surface area contributed by atoms with Gasteiger partial charge in [-0.3, -0.25) is 0 Å². The summed E-state index contributed by atoms with van der Waals surface area (Å²) in [6, 6.07) is 3.33. The molecule has 0 radical (unpaired) electrons. The van der Waals surface area contributed by atoms with Gasteiger partial charge < -0.3 is 14.8 Å². The van der Waals surface area contributed by atoms with Gasteiger partial charge in [0.05, 0.1) is 17.7 Å². The van der Waals surface area contributed by atoms with Crippen molar-refractivity contribution in [3.8, 4) is 5.75 Å². The van der Waals surface area contributed by atoms with E-state index in [4.69, 9.17) is 9.47 Å². The normalized spacial score (nSPS) is 23.9. The minimum Gasteiger partial charge on any atom is -0.496 e. The molecule has 112 valence electrons. The van der Waals surface area contributed by atoms with Crippen molar-refractivity contribution in [1.29, 1.82) is 0 Å². The lowest BCUT2D eigenvalue weighted by molar-refractivity contribution is 0.0779. The number of halogens is 2. The van der Waals surface area contributed by atoms with Crippen LogP contribution in [0.15, 0.2) is 16.6 Å². The topological polar surface area (TPSA) is 30.5 Å². The van der Waals surface area contributed by atoms with E-state index in [1.807, 2.05) is 7.05 Å². The van der Waals surface area contributed by atoms with Crippen LogP contribution >= 0.6 is 15.9 Å². The minimum atomic E-state index is -0.310. The highest BCUT2D eigenvalue weighted by atomic mass is 79.9. The lowest BCUT2D eigenvalue weighted by Crippen LogP contribution is -2.31. The van der Waals surface area contributed by atoms with Crippen LogP contribution in [-0.2, 0) is 4.74 Å². The van der Waals surface area contributed by atoms with Crippen molar-refractivity contribution in [2.45, 2.75) is 31.9 Å². The molecule has 1 heterocycles. The Hall–Kier alpha value is -0.650. The van der Waals surface area contributed by atoms with Crippen LogP contribution in [0.25, 0.3) is 0 Å². The molecule has 1 aliphatic heterocycles. The lowest BCUT2D eigenvalue weighted by atomic mass is 9.86. The van der Waals surface area contributed by atoms with Crippen LogP contribution in [-0.4, -0.2) is 26.9 Å². The van der Waals surface area contributed by atoms with Gasteiger partial charge in [-0.1, -0.05) is 6.92 Å². The van der Waals surface area contributed by atoms with Crippen molar-refractivity contribution >= 4 is 15.9 Å². The van der Waals surface area contributed by atoms with E-state index in [0.29, 0.717) is 16.1 Å². The zero-order chi connectivity index (χ0) is 14.7. The third-order valence-corrected chi connectivity index (χ3v) is 4.62. The summed E-state index contributed by atoms with van der Waals surface area (Å²) < 4.78 is 25.3. The number of ether oxygens (including phenoxy) is 2. The summed E-state index contributed by atoms with van der Waals surface area (Å²) in [6.07, 6.45) is 2.22. The van der Waals surface area contributed by atoms with Crippen molar-refractivity contribution in [3.63, 3.8) is 0 Å². The van der Waals surface area contributed by atoms with Crippen LogP contribution in [0.4, 0.5) is 4.39 Å². The van der Waals surface area contributed by atoms with E-state index in [2.05, 4.69) is 28.2 Å². The Balaban J connectivity index is 2.38. The van der Waals surface area contributed by atoms with Crippen LogP contribution in [0.2, 0.25) is 0 Å². The Kier molecular flexibility index (Phi) is 5.41. The van der Waals surface area contributed by atoms with Crippen molar-refractivity contribution in [2.75, 3.05) is 20.8 Å². The van der Waals surface area contributed by atoms with Crippen LogP contribution in [0.1, 0.15) is 31.4 Å². The van der Waals surface area contributed by atoms with E-state index in [1.54, 1.807) is 13.2 Å². The van der Waals surface area contributed by atoms with Gasteiger partial charge in [-0.15, -0.1) is 0 Å². The molecule has 0 amide bonds. The molecule has 1 aromatic carbocycles. The summed E-state index contributed by atoms with van der Waals surface area (Å²) in [5.41, 5.74) is 0.970. The molecular weight excluding hydrogens is 325 g/mol. The van der Waals surface area contributed by atoms with Gasteiger partial charge in [-0.2, -0.15) is 0 Å². The monoisotopic (exact) mass is 345 g/mol. The number of benzene rings is 1. The summed E-state index contributed by atoms with van der Waals surface area (Å²) >= 11 is 3.26. The molecule has 0 spiro atoms. The molecule has 2 rings (SSSR count). The molecular formula is C15H21BrFNO2. The number of hydrogen-bond acceptors (Lipinski definition) is 3. The summed E-state index contributed by atoms with van der Waals surface area (Å²) in [7, 11) is 3.49. The van der Waals surface area contributed by atoms with Crippen LogP contribution in [0.5, 0.6) is 5.75 Å². The molecule has 1 aliphatic rings. The van der Waals surface area contributed by atoms with Gasteiger partial charge in [0.15, 0.2) is 0 Å². The van der Waals surface area contributed by atoms with Crippen LogP contribution < -0.4 is 10.1 Å². The second kappa shape index (κ2) is 6.87. The first-order valence-corrected chi connectivity index (χ1v) is 7.73. The van der Waals surface area contributed by atoms with Crippen LogP contribution in [0.3, 0.4) is 0 Å². The van der Waals surface area contributed by atoms with E-state index in [-0.39, 0.29) is 18.0 Å². The van der Waals surface area contributed by atoms with Gasteiger partial charge in [0.25, 0.3) is 0 Å². The summed E-state index contributed by atoms with van der Waals surface area (Å²) in [5, 5.41) is 3.34. The first-order chi connectivity index (χ1) is 9.62. The maximum absolute atomic E-state index is 13.7. The third-order valence-electron chi connectivity index (χ3n) is 4.01. The number of hydrogen-bond donors (Lipinski definition) is 1. The molecule has 0 aliphatic carbocycles. The van der Waals surface area contributed by atoms with Gasteiger partial charge in [-0.05, 0) is 41.9 Å². The van der Waals surface area contributed by atoms with Gasteiger partial charge in [0.1, 0.15) is 11.6 Å². The molecule has 3 nitrogen and oxygen atoms in total. The minimum absolute atomic E-state index is 0.0919. The Morgan fingerprint density at radius 3 is 2.90 bits per heavy atom. The molecule has 1 N–H and O–H groups in total. The Morgan fingerprint density at radius 1 is 1.55 bits per heavy atom.